The van der Waals surface area contributed by atoms with Crippen molar-refractivity contribution in [3.8, 4) is 0 Å². The van der Waals surface area contributed by atoms with Crippen molar-refractivity contribution in [2.75, 3.05) is 17.2 Å². The SMILES string of the molecule is CCN(c1cc(N)cc(C(=O)NCc2c(C)cc(C)[nH]c2=O)c1C)C1CCCCC1. The van der Waals surface area contributed by atoms with Gasteiger partial charge in [-0.05, 0) is 69.9 Å². The Labute approximate surface area is 178 Å². The van der Waals surface area contributed by atoms with Crippen LogP contribution in [0.4, 0.5) is 11.4 Å². The first-order chi connectivity index (χ1) is 14.3. The summed E-state index contributed by atoms with van der Waals surface area (Å²) in [6, 6.07) is 6.12. The van der Waals surface area contributed by atoms with E-state index in [1.165, 1.54) is 32.1 Å². The number of aromatic amines is 1. The van der Waals surface area contributed by atoms with Gasteiger partial charge in [0.2, 0.25) is 0 Å². The highest BCUT2D eigenvalue weighted by molar-refractivity contribution is 5.98. The van der Waals surface area contributed by atoms with Crippen LogP contribution in [0.15, 0.2) is 23.0 Å². The van der Waals surface area contributed by atoms with Crippen LogP contribution in [0.5, 0.6) is 0 Å². The van der Waals surface area contributed by atoms with Crippen LogP contribution in [0.3, 0.4) is 0 Å². The van der Waals surface area contributed by atoms with E-state index in [2.05, 4.69) is 22.1 Å². The van der Waals surface area contributed by atoms with Crippen molar-refractivity contribution < 1.29 is 4.79 Å². The Bertz CT molecular complexity index is 974. The number of pyridine rings is 1. The third-order valence-corrected chi connectivity index (χ3v) is 6.23. The number of aromatic nitrogens is 1. The molecule has 0 aliphatic heterocycles. The summed E-state index contributed by atoms with van der Waals surface area (Å²) < 4.78 is 0. The van der Waals surface area contributed by atoms with E-state index in [0.29, 0.717) is 22.9 Å². The van der Waals surface area contributed by atoms with Crippen molar-refractivity contribution in [1.82, 2.24) is 10.3 Å². The maximum Gasteiger partial charge on any atom is 0.253 e. The number of rotatable bonds is 6. The minimum atomic E-state index is -0.208. The van der Waals surface area contributed by atoms with Gasteiger partial charge in [0, 0.05) is 47.3 Å². The van der Waals surface area contributed by atoms with Gasteiger partial charge in [-0.1, -0.05) is 19.3 Å². The molecule has 0 bridgehead atoms. The molecule has 0 saturated heterocycles. The molecule has 0 unspecified atom stereocenters. The van der Waals surface area contributed by atoms with Gasteiger partial charge in [0.25, 0.3) is 11.5 Å². The van der Waals surface area contributed by atoms with Gasteiger partial charge in [-0.2, -0.15) is 0 Å². The molecule has 30 heavy (non-hydrogen) atoms. The fourth-order valence-corrected chi connectivity index (χ4v) is 4.64. The molecule has 3 rings (SSSR count). The first-order valence-corrected chi connectivity index (χ1v) is 11.0. The van der Waals surface area contributed by atoms with E-state index < -0.39 is 0 Å². The Morgan fingerprint density at radius 3 is 2.50 bits per heavy atom. The molecule has 6 nitrogen and oxygen atoms in total. The molecule has 1 aromatic carbocycles. The molecule has 1 saturated carbocycles. The summed E-state index contributed by atoms with van der Waals surface area (Å²) in [4.78, 5) is 30.5. The number of amides is 1. The second-order valence-electron chi connectivity index (χ2n) is 8.42. The minimum Gasteiger partial charge on any atom is -0.399 e. The van der Waals surface area contributed by atoms with E-state index in [-0.39, 0.29) is 18.0 Å². The Kier molecular flexibility index (Phi) is 6.85. The molecule has 162 valence electrons. The maximum atomic E-state index is 13.0. The van der Waals surface area contributed by atoms with E-state index in [1.54, 1.807) is 6.07 Å². The van der Waals surface area contributed by atoms with Crippen LogP contribution < -0.4 is 21.5 Å². The van der Waals surface area contributed by atoms with Gasteiger partial charge in [0.1, 0.15) is 0 Å². The number of nitrogens with one attached hydrogen (secondary N) is 2. The molecule has 1 fully saturated rings. The first kappa shape index (κ1) is 21.9. The second-order valence-corrected chi connectivity index (χ2v) is 8.42. The Balaban J connectivity index is 1.85. The summed E-state index contributed by atoms with van der Waals surface area (Å²) >= 11 is 0. The predicted octanol–water partition coefficient (Wildman–Crippen LogP) is 3.97. The van der Waals surface area contributed by atoms with Crippen molar-refractivity contribution in [3.05, 3.63) is 56.5 Å². The molecule has 6 heteroatoms. The first-order valence-electron chi connectivity index (χ1n) is 11.0. The van der Waals surface area contributed by atoms with Gasteiger partial charge < -0.3 is 20.9 Å². The van der Waals surface area contributed by atoms with Crippen LogP contribution in [0.2, 0.25) is 0 Å². The quantitative estimate of drug-likeness (QED) is 0.629. The van der Waals surface area contributed by atoms with E-state index in [1.807, 2.05) is 32.9 Å². The van der Waals surface area contributed by atoms with Crippen molar-refractivity contribution >= 4 is 17.3 Å². The van der Waals surface area contributed by atoms with E-state index >= 15 is 0 Å². The lowest BCUT2D eigenvalue weighted by Gasteiger charge is -2.36. The number of nitrogens with zero attached hydrogens (tertiary/aromatic N) is 1. The normalized spacial score (nSPS) is 14.5. The summed E-state index contributed by atoms with van der Waals surface area (Å²) in [5.41, 5.74) is 11.4. The fourth-order valence-electron chi connectivity index (χ4n) is 4.64. The summed E-state index contributed by atoms with van der Waals surface area (Å²) in [5, 5.41) is 2.92. The van der Waals surface area contributed by atoms with Crippen molar-refractivity contribution in [2.24, 2.45) is 0 Å². The molecule has 1 amide bonds. The van der Waals surface area contributed by atoms with Crippen molar-refractivity contribution in [2.45, 2.75) is 72.4 Å². The molecule has 2 aromatic rings. The number of aryl methyl sites for hydroxylation is 2. The summed E-state index contributed by atoms with van der Waals surface area (Å²) in [6.45, 7) is 8.94. The summed E-state index contributed by atoms with van der Waals surface area (Å²) in [6.07, 6.45) is 6.16. The molecule has 0 radical (unpaired) electrons. The van der Waals surface area contributed by atoms with Crippen LogP contribution in [0.25, 0.3) is 0 Å². The average Bonchev–Trinajstić information content (AvgIpc) is 2.70. The van der Waals surface area contributed by atoms with E-state index in [0.717, 1.165) is 29.1 Å². The highest BCUT2D eigenvalue weighted by Gasteiger charge is 2.24. The van der Waals surface area contributed by atoms with Gasteiger partial charge in [0.05, 0.1) is 0 Å². The third kappa shape index (κ3) is 4.69. The number of nitrogen functional groups attached to an aromatic ring is 1. The molecule has 1 aromatic heterocycles. The standard InChI is InChI=1S/C24H34N4O2/c1-5-28(19-9-7-6-8-10-19)22-13-18(25)12-20(17(22)4)23(29)26-14-21-15(2)11-16(3)27-24(21)30/h11-13,19H,5-10,14,25H2,1-4H3,(H,26,29)(H,27,30). The zero-order valence-corrected chi connectivity index (χ0v) is 18.6. The van der Waals surface area contributed by atoms with Gasteiger partial charge in [-0.25, -0.2) is 0 Å². The topological polar surface area (TPSA) is 91.2 Å². The lowest BCUT2D eigenvalue weighted by molar-refractivity contribution is 0.0950. The summed E-state index contributed by atoms with van der Waals surface area (Å²) in [5.74, 6) is -0.208. The number of carbonyl (C=O) groups is 1. The number of nitrogens with two attached hydrogens (primary N) is 1. The maximum absolute atomic E-state index is 13.0. The summed E-state index contributed by atoms with van der Waals surface area (Å²) in [7, 11) is 0. The van der Waals surface area contributed by atoms with Crippen LogP contribution in [-0.4, -0.2) is 23.5 Å². The van der Waals surface area contributed by atoms with Gasteiger partial charge in [0.15, 0.2) is 0 Å². The number of benzene rings is 1. The van der Waals surface area contributed by atoms with Crippen LogP contribution in [0.1, 0.15) is 71.8 Å². The van der Waals surface area contributed by atoms with Gasteiger partial charge in [-0.15, -0.1) is 0 Å². The van der Waals surface area contributed by atoms with Crippen LogP contribution in [0, 0.1) is 20.8 Å². The lowest BCUT2D eigenvalue weighted by atomic mass is 9.92. The highest BCUT2D eigenvalue weighted by Crippen LogP contribution is 2.32. The number of carbonyl (C=O) groups excluding carboxylic acids is 1. The smallest absolute Gasteiger partial charge is 0.253 e. The molecular formula is C24H34N4O2. The predicted molar refractivity (Wildman–Crippen MR) is 123 cm³/mol. The van der Waals surface area contributed by atoms with Crippen molar-refractivity contribution in [3.63, 3.8) is 0 Å². The number of hydrogen-bond acceptors (Lipinski definition) is 4. The molecule has 1 heterocycles. The largest absolute Gasteiger partial charge is 0.399 e. The van der Waals surface area contributed by atoms with Crippen LogP contribution in [-0.2, 0) is 6.54 Å². The Morgan fingerprint density at radius 1 is 1.17 bits per heavy atom. The third-order valence-electron chi connectivity index (χ3n) is 6.23. The van der Waals surface area contributed by atoms with E-state index in [4.69, 9.17) is 5.73 Å². The number of anilines is 2. The number of H-pyrrole nitrogens is 1. The van der Waals surface area contributed by atoms with E-state index in [9.17, 15) is 9.59 Å². The molecular weight excluding hydrogens is 376 g/mol. The zero-order valence-electron chi connectivity index (χ0n) is 18.6. The molecule has 1 aliphatic carbocycles. The Morgan fingerprint density at radius 2 is 1.87 bits per heavy atom. The number of hydrogen-bond donors (Lipinski definition) is 3. The molecule has 1 aliphatic rings. The average molecular weight is 411 g/mol. The molecule has 4 N–H and O–H groups in total. The Hall–Kier alpha value is -2.76. The highest BCUT2D eigenvalue weighted by atomic mass is 16.1. The fraction of sp³-hybridized carbons (Fsp3) is 0.500. The van der Waals surface area contributed by atoms with Gasteiger partial charge >= 0.3 is 0 Å². The second kappa shape index (κ2) is 9.37. The van der Waals surface area contributed by atoms with Crippen LogP contribution >= 0.6 is 0 Å². The zero-order chi connectivity index (χ0) is 21.8. The molecule has 0 atom stereocenters. The lowest BCUT2D eigenvalue weighted by Crippen LogP contribution is -2.37. The van der Waals surface area contributed by atoms with Crippen molar-refractivity contribution in [1.29, 1.82) is 0 Å². The molecule has 0 spiro atoms. The monoisotopic (exact) mass is 410 g/mol. The minimum absolute atomic E-state index is 0.160. The van der Waals surface area contributed by atoms with Gasteiger partial charge in [-0.3, -0.25) is 9.59 Å².